The predicted octanol–water partition coefficient (Wildman–Crippen LogP) is 5.09. The highest BCUT2D eigenvalue weighted by atomic mass is 14.9. The summed E-state index contributed by atoms with van der Waals surface area (Å²) >= 11 is 0. The minimum Gasteiger partial charge on any atom is -0.388 e. The minimum atomic E-state index is 0.967. The quantitative estimate of drug-likeness (QED) is 0.599. The van der Waals surface area contributed by atoms with Gasteiger partial charge in [0.1, 0.15) is 14.1 Å². The Kier molecular flexibility index (Phi) is 5.82. The molecule has 3 rings (SSSR count). The SMILES string of the molecule is CC=Nc1ccc(C(=C2C=CC(=[N+](C)C)C=C2)c2ccc(NC)cc2)cc1. The van der Waals surface area contributed by atoms with Crippen LogP contribution in [-0.2, 0) is 0 Å². The molecule has 0 unspecified atom stereocenters. The molecule has 0 atom stereocenters. The van der Waals surface area contributed by atoms with Crippen molar-refractivity contribution in [2.24, 2.45) is 4.99 Å². The van der Waals surface area contributed by atoms with Crippen molar-refractivity contribution in [1.82, 2.24) is 0 Å². The van der Waals surface area contributed by atoms with Gasteiger partial charge in [0, 0.05) is 31.1 Å². The zero-order valence-electron chi connectivity index (χ0n) is 16.4. The van der Waals surface area contributed by atoms with Crippen molar-refractivity contribution >= 4 is 28.9 Å². The van der Waals surface area contributed by atoms with E-state index < -0.39 is 0 Å². The molecule has 0 heterocycles. The molecule has 0 radical (unpaired) electrons. The fraction of sp³-hybridized carbons (Fsp3) is 0.167. The summed E-state index contributed by atoms with van der Waals surface area (Å²) in [7, 11) is 6.05. The van der Waals surface area contributed by atoms with Gasteiger partial charge in [-0.05, 0) is 65.6 Å². The van der Waals surface area contributed by atoms with Gasteiger partial charge in [0.05, 0.1) is 5.69 Å². The summed E-state index contributed by atoms with van der Waals surface area (Å²) in [6, 6.07) is 17.0. The minimum absolute atomic E-state index is 0.967. The molecule has 0 bridgehead atoms. The molecule has 3 nitrogen and oxygen atoms in total. The summed E-state index contributed by atoms with van der Waals surface area (Å²) in [5.41, 5.74) is 8.05. The molecule has 3 heteroatoms. The Labute approximate surface area is 161 Å². The summed E-state index contributed by atoms with van der Waals surface area (Å²) in [4.78, 5) is 4.36. The first kappa shape index (κ1) is 18.6. The Morgan fingerprint density at radius 1 is 0.852 bits per heavy atom. The number of hydrogen-bond acceptors (Lipinski definition) is 2. The smallest absolute Gasteiger partial charge is 0.199 e. The molecule has 2 aromatic carbocycles. The summed E-state index contributed by atoms with van der Waals surface area (Å²) in [5, 5.41) is 3.18. The average Bonchev–Trinajstić information content (AvgIpc) is 2.70. The van der Waals surface area contributed by atoms with E-state index >= 15 is 0 Å². The van der Waals surface area contributed by atoms with E-state index in [9.17, 15) is 0 Å². The number of allylic oxidation sites excluding steroid dienone is 5. The number of nitrogens with zero attached hydrogens (tertiary/aromatic N) is 2. The van der Waals surface area contributed by atoms with Gasteiger partial charge in [-0.1, -0.05) is 24.3 Å². The summed E-state index contributed by atoms with van der Waals surface area (Å²) < 4.78 is 2.11. The molecule has 0 saturated heterocycles. The van der Waals surface area contributed by atoms with Gasteiger partial charge < -0.3 is 5.32 Å². The lowest BCUT2D eigenvalue weighted by molar-refractivity contribution is -0.462. The zero-order valence-corrected chi connectivity index (χ0v) is 16.4. The van der Waals surface area contributed by atoms with Crippen molar-refractivity contribution < 1.29 is 4.58 Å². The summed E-state index contributed by atoms with van der Waals surface area (Å²) in [6.07, 6.45) is 10.5. The van der Waals surface area contributed by atoms with Gasteiger partial charge in [-0.25, -0.2) is 4.58 Å². The van der Waals surface area contributed by atoms with Crippen LogP contribution in [-0.4, -0.2) is 37.6 Å². The molecule has 0 amide bonds. The van der Waals surface area contributed by atoms with Crippen molar-refractivity contribution in [3.05, 3.63) is 89.5 Å². The van der Waals surface area contributed by atoms with Crippen LogP contribution >= 0.6 is 0 Å². The molecule has 1 aliphatic rings. The van der Waals surface area contributed by atoms with E-state index in [4.69, 9.17) is 0 Å². The summed E-state index contributed by atoms with van der Waals surface area (Å²) in [5.74, 6) is 0. The highest BCUT2D eigenvalue weighted by Crippen LogP contribution is 2.31. The molecule has 0 aromatic heterocycles. The van der Waals surface area contributed by atoms with E-state index in [0.717, 1.165) is 11.4 Å². The van der Waals surface area contributed by atoms with Crippen LogP contribution in [0.4, 0.5) is 11.4 Å². The van der Waals surface area contributed by atoms with Gasteiger partial charge in [-0.15, -0.1) is 0 Å². The Hall–Kier alpha value is -3.20. The number of rotatable bonds is 4. The fourth-order valence-corrected chi connectivity index (χ4v) is 3.09. The van der Waals surface area contributed by atoms with Gasteiger partial charge in [0.2, 0.25) is 0 Å². The normalized spacial score (nSPS) is 13.3. The van der Waals surface area contributed by atoms with Crippen LogP contribution in [0.5, 0.6) is 0 Å². The van der Waals surface area contributed by atoms with Gasteiger partial charge in [-0.3, -0.25) is 4.99 Å². The van der Waals surface area contributed by atoms with Crippen LogP contribution in [0.15, 0.2) is 83.4 Å². The van der Waals surface area contributed by atoms with Crippen LogP contribution in [0.2, 0.25) is 0 Å². The Morgan fingerprint density at radius 2 is 1.41 bits per heavy atom. The molecule has 2 aromatic rings. The monoisotopic (exact) mass is 356 g/mol. The van der Waals surface area contributed by atoms with Crippen LogP contribution < -0.4 is 5.32 Å². The molecular formula is C24H26N3+. The van der Waals surface area contributed by atoms with E-state index in [1.54, 1.807) is 0 Å². The largest absolute Gasteiger partial charge is 0.388 e. The third kappa shape index (κ3) is 4.32. The fourth-order valence-electron chi connectivity index (χ4n) is 3.09. The van der Waals surface area contributed by atoms with Gasteiger partial charge in [0.15, 0.2) is 5.71 Å². The average molecular weight is 356 g/mol. The van der Waals surface area contributed by atoms with Crippen molar-refractivity contribution in [3.63, 3.8) is 0 Å². The number of hydrogen-bond donors (Lipinski definition) is 1. The second-order valence-electron chi connectivity index (χ2n) is 6.58. The number of aliphatic imine (C=N–C) groups is 1. The molecule has 1 aliphatic carbocycles. The van der Waals surface area contributed by atoms with E-state index in [1.165, 1.54) is 28.0 Å². The van der Waals surface area contributed by atoms with E-state index in [0.29, 0.717) is 0 Å². The maximum absolute atomic E-state index is 4.36. The third-order valence-corrected chi connectivity index (χ3v) is 4.57. The molecular weight excluding hydrogens is 330 g/mol. The van der Waals surface area contributed by atoms with Crippen LogP contribution in [0, 0.1) is 0 Å². The molecule has 0 fully saturated rings. The van der Waals surface area contributed by atoms with E-state index in [1.807, 2.05) is 20.2 Å². The second-order valence-corrected chi connectivity index (χ2v) is 6.58. The van der Waals surface area contributed by atoms with Crippen molar-refractivity contribution in [2.75, 3.05) is 26.5 Å². The Morgan fingerprint density at radius 3 is 1.89 bits per heavy atom. The lowest BCUT2D eigenvalue weighted by Crippen LogP contribution is -2.10. The predicted molar refractivity (Wildman–Crippen MR) is 118 cm³/mol. The van der Waals surface area contributed by atoms with Gasteiger partial charge in [-0.2, -0.15) is 0 Å². The maximum Gasteiger partial charge on any atom is 0.199 e. The first-order chi connectivity index (χ1) is 13.1. The molecule has 136 valence electrons. The highest BCUT2D eigenvalue weighted by molar-refractivity contribution is 6.04. The van der Waals surface area contributed by atoms with Crippen molar-refractivity contribution in [2.45, 2.75) is 6.92 Å². The Bertz CT molecular complexity index is 932. The van der Waals surface area contributed by atoms with Crippen molar-refractivity contribution in [1.29, 1.82) is 0 Å². The van der Waals surface area contributed by atoms with Crippen LogP contribution in [0.3, 0.4) is 0 Å². The lowest BCUT2D eigenvalue weighted by atomic mass is 9.90. The first-order valence-electron chi connectivity index (χ1n) is 9.14. The lowest BCUT2D eigenvalue weighted by Gasteiger charge is -2.14. The van der Waals surface area contributed by atoms with Gasteiger partial charge >= 0.3 is 0 Å². The molecule has 1 N–H and O–H groups in total. The maximum atomic E-state index is 4.36. The third-order valence-electron chi connectivity index (χ3n) is 4.57. The van der Waals surface area contributed by atoms with E-state index in [-0.39, 0.29) is 0 Å². The van der Waals surface area contributed by atoms with Gasteiger partial charge in [0.25, 0.3) is 0 Å². The molecule has 0 aliphatic heterocycles. The van der Waals surface area contributed by atoms with Crippen LogP contribution in [0.25, 0.3) is 5.57 Å². The summed E-state index contributed by atoms with van der Waals surface area (Å²) in [6.45, 7) is 1.93. The number of anilines is 1. The standard InChI is InChI=1S/C24H25N3/c1-5-26-22-14-8-19(9-15-22)24(18-6-12-21(25-2)13-7-18)20-10-16-23(17-11-20)27(3)4/h5-17H,1-4H3/p+1. The number of nitrogens with one attached hydrogen (secondary N) is 1. The molecule has 0 spiro atoms. The molecule has 0 saturated carbocycles. The topological polar surface area (TPSA) is 27.4 Å². The molecule has 27 heavy (non-hydrogen) atoms. The van der Waals surface area contributed by atoms with Crippen LogP contribution in [0.1, 0.15) is 18.1 Å². The Balaban J connectivity index is 2.12. The van der Waals surface area contributed by atoms with E-state index in [2.05, 4.69) is 102 Å². The van der Waals surface area contributed by atoms with Crippen molar-refractivity contribution in [3.8, 4) is 0 Å². The number of benzene rings is 2. The zero-order chi connectivity index (χ0) is 19.2. The highest BCUT2D eigenvalue weighted by Gasteiger charge is 2.13. The second kappa shape index (κ2) is 8.45. The first-order valence-corrected chi connectivity index (χ1v) is 9.14.